The van der Waals surface area contributed by atoms with Gasteiger partial charge in [-0.2, -0.15) is 4.37 Å². The summed E-state index contributed by atoms with van der Waals surface area (Å²) < 4.78 is 12.9. The van der Waals surface area contributed by atoms with Crippen molar-refractivity contribution in [3.8, 4) is 5.88 Å². The van der Waals surface area contributed by atoms with Crippen LogP contribution in [0, 0.1) is 5.92 Å². The predicted molar refractivity (Wildman–Crippen MR) is 59.1 cm³/mol. The molecule has 86 valence electrons. The SMILES string of the molecule is CC(C)CNCC(O)COc1cnsn1. The molecule has 1 aromatic rings. The van der Waals surface area contributed by atoms with Gasteiger partial charge >= 0.3 is 0 Å². The van der Waals surface area contributed by atoms with Gasteiger partial charge in [-0.05, 0) is 12.5 Å². The van der Waals surface area contributed by atoms with E-state index in [4.69, 9.17) is 4.74 Å². The fourth-order valence-corrected chi connectivity index (χ4v) is 1.36. The number of aliphatic hydroxyl groups is 1. The van der Waals surface area contributed by atoms with Gasteiger partial charge in [0, 0.05) is 6.54 Å². The van der Waals surface area contributed by atoms with E-state index in [0.29, 0.717) is 18.3 Å². The highest BCUT2D eigenvalue weighted by molar-refractivity contribution is 6.99. The van der Waals surface area contributed by atoms with Gasteiger partial charge in [-0.1, -0.05) is 13.8 Å². The molecule has 0 saturated carbocycles. The highest BCUT2D eigenvalue weighted by atomic mass is 32.1. The first-order chi connectivity index (χ1) is 7.18. The molecule has 1 unspecified atom stereocenters. The molecule has 0 aliphatic carbocycles. The zero-order chi connectivity index (χ0) is 11.1. The highest BCUT2D eigenvalue weighted by Crippen LogP contribution is 2.04. The second kappa shape index (κ2) is 6.71. The number of rotatable bonds is 7. The van der Waals surface area contributed by atoms with Gasteiger partial charge in [0.1, 0.15) is 18.9 Å². The number of hydrogen-bond donors (Lipinski definition) is 2. The molecule has 0 amide bonds. The van der Waals surface area contributed by atoms with Gasteiger partial charge in [0.15, 0.2) is 0 Å². The van der Waals surface area contributed by atoms with Crippen LogP contribution in [0.2, 0.25) is 0 Å². The molecule has 1 aromatic heterocycles. The smallest absolute Gasteiger partial charge is 0.245 e. The molecule has 0 radical (unpaired) electrons. The van der Waals surface area contributed by atoms with Crippen molar-refractivity contribution in [2.75, 3.05) is 19.7 Å². The van der Waals surface area contributed by atoms with Crippen molar-refractivity contribution in [1.82, 2.24) is 14.1 Å². The van der Waals surface area contributed by atoms with Crippen LogP contribution >= 0.6 is 11.7 Å². The summed E-state index contributed by atoms with van der Waals surface area (Å²) in [6.07, 6.45) is 1.03. The van der Waals surface area contributed by atoms with Gasteiger partial charge in [-0.3, -0.25) is 0 Å². The summed E-state index contributed by atoms with van der Waals surface area (Å²) in [6.45, 7) is 5.93. The topological polar surface area (TPSA) is 67.3 Å². The fourth-order valence-electron chi connectivity index (χ4n) is 0.999. The molecule has 1 atom stereocenters. The molecule has 0 saturated heterocycles. The van der Waals surface area contributed by atoms with Gasteiger partial charge < -0.3 is 15.2 Å². The zero-order valence-corrected chi connectivity index (χ0v) is 9.83. The van der Waals surface area contributed by atoms with E-state index in [0.717, 1.165) is 18.3 Å². The first-order valence-electron chi connectivity index (χ1n) is 4.97. The molecule has 5 nitrogen and oxygen atoms in total. The predicted octanol–water partition coefficient (Wildman–Crippen LogP) is 0.523. The monoisotopic (exact) mass is 231 g/mol. The first kappa shape index (κ1) is 12.4. The summed E-state index contributed by atoms with van der Waals surface area (Å²) in [4.78, 5) is 0. The van der Waals surface area contributed by atoms with E-state index >= 15 is 0 Å². The van der Waals surface area contributed by atoms with Crippen LogP contribution in [0.15, 0.2) is 6.20 Å². The van der Waals surface area contributed by atoms with Crippen molar-refractivity contribution in [2.45, 2.75) is 20.0 Å². The Bertz CT molecular complexity index is 254. The molecule has 2 N–H and O–H groups in total. The number of nitrogens with zero attached hydrogens (tertiary/aromatic N) is 2. The third-order valence-electron chi connectivity index (χ3n) is 1.70. The second-order valence-corrected chi connectivity index (χ2v) is 4.32. The average Bonchev–Trinajstić information content (AvgIpc) is 2.66. The van der Waals surface area contributed by atoms with Crippen LogP contribution in [-0.4, -0.2) is 39.7 Å². The molecule has 0 aliphatic rings. The van der Waals surface area contributed by atoms with E-state index < -0.39 is 6.10 Å². The molecular weight excluding hydrogens is 214 g/mol. The third-order valence-corrected chi connectivity index (χ3v) is 2.16. The van der Waals surface area contributed by atoms with Crippen molar-refractivity contribution in [3.63, 3.8) is 0 Å². The zero-order valence-electron chi connectivity index (χ0n) is 9.01. The molecule has 0 bridgehead atoms. The van der Waals surface area contributed by atoms with E-state index in [9.17, 15) is 5.11 Å². The Hall–Kier alpha value is -0.720. The Balaban J connectivity index is 2.06. The van der Waals surface area contributed by atoms with Gasteiger partial charge in [-0.15, -0.1) is 4.37 Å². The van der Waals surface area contributed by atoms with Crippen LogP contribution in [0.1, 0.15) is 13.8 Å². The van der Waals surface area contributed by atoms with Crippen LogP contribution < -0.4 is 10.1 Å². The standard InChI is InChI=1S/C9H17N3O2S/c1-7(2)3-10-4-8(13)6-14-9-5-11-15-12-9/h5,7-8,10,13H,3-4,6H2,1-2H3. The molecule has 0 aliphatic heterocycles. The minimum absolute atomic E-state index is 0.247. The number of ether oxygens (including phenoxy) is 1. The maximum absolute atomic E-state index is 9.53. The van der Waals surface area contributed by atoms with E-state index in [2.05, 4.69) is 27.9 Å². The van der Waals surface area contributed by atoms with Crippen molar-refractivity contribution in [3.05, 3.63) is 6.20 Å². The lowest BCUT2D eigenvalue weighted by Gasteiger charge is -2.12. The van der Waals surface area contributed by atoms with E-state index in [-0.39, 0.29) is 6.61 Å². The number of aliphatic hydroxyl groups excluding tert-OH is 1. The summed E-state index contributed by atoms with van der Waals surface area (Å²) >= 11 is 1.09. The van der Waals surface area contributed by atoms with Crippen LogP contribution in [-0.2, 0) is 0 Å². The Morgan fingerprint density at radius 2 is 2.33 bits per heavy atom. The number of nitrogens with one attached hydrogen (secondary N) is 1. The Labute approximate surface area is 93.8 Å². The molecule has 1 heterocycles. The largest absolute Gasteiger partial charge is 0.473 e. The minimum atomic E-state index is -0.509. The first-order valence-corrected chi connectivity index (χ1v) is 5.70. The Morgan fingerprint density at radius 1 is 1.53 bits per heavy atom. The van der Waals surface area contributed by atoms with Gasteiger partial charge in [-0.25, -0.2) is 0 Å². The molecule has 6 heteroatoms. The molecule has 1 rings (SSSR count). The van der Waals surface area contributed by atoms with Crippen LogP contribution in [0.5, 0.6) is 5.88 Å². The number of hydrogen-bond acceptors (Lipinski definition) is 6. The normalized spacial score (nSPS) is 13.1. The average molecular weight is 231 g/mol. The third kappa shape index (κ3) is 5.66. The van der Waals surface area contributed by atoms with Crippen molar-refractivity contribution < 1.29 is 9.84 Å². The van der Waals surface area contributed by atoms with Crippen LogP contribution in [0.3, 0.4) is 0 Å². The lowest BCUT2D eigenvalue weighted by atomic mass is 10.2. The maximum Gasteiger partial charge on any atom is 0.245 e. The summed E-state index contributed by atoms with van der Waals surface area (Å²) in [5, 5.41) is 12.7. The lowest BCUT2D eigenvalue weighted by molar-refractivity contribution is 0.104. The van der Waals surface area contributed by atoms with Gasteiger partial charge in [0.05, 0.1) is 11.7 Å². The quantitative estimate of drug-likeness (QED) is 0.716. The molecule has 0 aromatic carbocycles. The number of aromatic nitrogens is 2. The van der Waals surface area contributed by atoms with Gasteiger partial charge in [0.25, 0.3) is 0 Å². The lowest BCUT2D eigenvalue weighted by Crippen LogP contribution is -2.33. The van der Waals surface area contributed by atoms with Crippen molar-refractivity contribution in [1.29, 1.82) is 0 Å². The molecule has 0 spiro atoms. The van der Waals surface area contributed by atoms with E-state index in [1.807, 2.05) is 0 Å². The van der Waals surface area contributed by atoms with Crippen LogP contribution in [0.25, 0.3) is 0 Å². The summed E-state index contributed by atoms with van der Waals surface area (Å²) in [5.74, 6) is 1.06. The molecule has 0 fully saturated rings. The highest BCUT2D eigenvalue weighted by Gasteiger charge is 2.06. The maximum atomic E-state index is 9.53. The van der Waals surface area contributed by atoms with E-state index in [1.165, 1.54) is 0 Å². The summed E-state index contributed by atoms with van der Waals surface area (Å²) in [7, 11) is 0. The Kier molecular flexibility index (Phi) is 5.52. The second-order valence-electron chi connectivity index (χ2n) is 3.76. The van der Waals surface area contributed by atoms with Crippen LogP contribution in [0.4, 0.5) is 0 Å². The summed E-state index contributed by atoms with van der Waals surface area (Å²) in [5.41, 5.74) is 0. The van der Waals surface area contributed by atoms with Crippen molar-refractivity contribution in [2.24, 2.45) is 5.92 Å². The van der Waals surface area contributed by atoms with E-state index in [1.54, 1.807) is 6.20 Å². The molecular formula is C9H17N3O2S. The summed E-state index contributed by atoms with van der Waals surface area (Å²) in [6, 6.07) is 0. The van der Waals surface area contributed by atoms with Crippen molar-refractivity contribution >= 4 is 11.7 Å². The minimum Gasteiger partial charge on any atom is -0.473 e. The Morgan fingerprint density at radius 3 is 2.93 bits per heavy atom. The fraction of sp³-hybridized carbons (Fsp3) is 0.778. The van der Waals surface area contributed by atoms with Gasteiger partial charge in [0.2, 0.25) is 5.88 Å². The molecule has 15 heavy (non-hydrogen) atoms.